The average Bonchev–Trinajstić information content (AvgIpc) is 2.48. The molecule has 0 aliphatic rings. The highest BCUT2D eigenvalue weighted by Gasteiger charge is 2.14. The molecule has 0 aliphatic heterocycles. The largest absolute Gasteiger partial charge is 0.497 e. The van der Waals surface area contributed by atoms with Gasteiger partial charge in [-0.3, -0.25) is 0 Å². The van der Waals surface area contributed by atoms with Crippen molar-refractivity contribution in [2.24, 2.45) is 0 Å². The summed E-state index contributed by atoms with van der Waals surface area (Å²) in [6.07, 6.45) is 0. The Kier molecular flexibility index (Phi) is 4.65. The van der Waals surface area contributed by atoms with E-state index in [-0.39, 0.29) is 22.8 Å². The highest BCUT2D eigenvalue weighted by Crippen LogP contribution is 2.21. The minimum Gasteiger partial charge on any atom is -0.497 e. The fourth-order valence-corrected chi connectivity index (χ4v) is 1.89. The van der Waals surface area contributed by atoms with Crippen molar-refractivity contribution >= 4 is 23.3 Å². The highest BCUT2D eigenvalue weighted by molar-refractivity contribution is 6.33. The lowest BCUT2D eigenvalue weighted by Gasteiger charge is -2.08. The lowest BCUT2D eigenvalue weighted by atomic mass is 10.2. The zero-order chi connectivity index (χ0) is 15.4. The van der Waals surface area contributed by atoms with Gasteiger partial charge >= 0.3 is 5.97 Å². The van der Waals surface area contributed by atoms with Crippen LogP contribution < -0.4 is 10.5 Å². The monoisotopic (exact) mass is 309 g/mol. The van der Waals surface area contributed by atoms with Crippen molar-refractivity contribution in [2.75, 3.05) is 12.8 Å². The van der Waals surface area contributed by atoms with Gasteiger partial charge in [-0.05, 0) is 30.3 Å². The van der Waals surface area contributed by atoms with E-state index in [0.29, 0.717) is 11.4 Å². The van der Waals surface area contributed by atoms with E-state index >= 15 is 0 Å². The smallest absolute Gasteiger partial charge is 0.340 e. The van der Waals surface area contributed by atoms with Crippen molar-refractivity contribution in [3.63, 3.8) is 0 Å². The Bertz CT molecular complexity index is 676. The molecule has 0 radical (unpaired) electrons. The third kappa shape index (κ3) is 3.64. The van der Waals surface area contributed by atoms with Crippen molar-refractivity contribution in [1.82, 2.24) is 0 Å². The summed E-state index contributed by atoms with van der Waals surface area (Å²) in [5.41, 5.74) is 6.36. The van der Waals surface area contributed by atoms with E-state index in [0.717, 1.165) is 0 Å². The molecule has 2 N–H and O–H groups in total. The molecule has 0 aromatic heterocycles. The van der Waals surface area contributed by atoms with Gasteiger partial charge < -0.3 is 15.2 Å². The normalized spacial score (nSPS) is 10.2. The van der Waals surface area contributed by atoms with E-state index in [4.69, 9.17) is 26.8 Å². The first-order valence-corrected chi connectivity index (χ1v) is 6.43. The lowest BCUT2D eigenvalue weighted by molar-refractivity contribution is 0.0469. The van der Waals surface area contributed by atoms with Gasteiger partial charge in [0, 0.05) is 17.3 Å². The van der Waals surface area contributed by atoms with Crippen LogP contribution in [0.3, 0.4) is 0 Å². The quantitative estimate of drug-likeness (QED) is 0.694. The van der Waals surface area contributed by atoms with E-state index in [2.05, 4.69) is 0 Å². The second kappa shape index (κ2) is 6.45. The van der Waals surface area contributed by atoms with Crippen LogP contribution in [0, 0.1) is 5.82 Å². The summed E-state index contributed by atoms with van der Waals surface area (Å²) in [5.74, 6) is -0.787. The minimum absolute atomic E-state index is 0.144. The van der Waals surface area contributed by atoms with Gasteiger partial charge in [0.05, 0.1) is 17.7 Å². The zero-order valence-electron chi connectivity index (χ0n) is 11.2. The first-order valence-electron chi connectivity index (χ1n) is 6.06. The topological polar surface area (TPSA) is 61.5 Å². The lowest BCUT2D eigenvalue weighted by Crippen LogP contribution is -2.07. The molecule has 2 rings (SSSR count). The molecule has 2 aromatic rings. The molecule has 0 amide bonds. The Morgan fingerprint density at radius 1 is 1.29 bits per heavy atom. The van der Waals surface area contributed by atoms with Crippen LogP contribution in [0.1, 0.15) is 15.9 Å². The Labute approximate surface area is 126 Å². The number of hydrogen-bond acceptors (Lipinski definition) is 4. The van der Waals surface area contributed by atoms with Crippen LogP contribution in [0.4, 0.5) is 10.1 Å². The second-order valence-corrected chi connectivity index (χ2v) is 4.68. The molecule has 0 saturated carbocycles. The first-order chi connectivity index (χ1) is 10.0. The molecule has 6 heteroatoms. The van der Waals surface area contributed by atoms with Gasteiger partial charge in [0.2, 0.25) is 0 Å². The van der Waals surface area contributed by atoms with Crippen LogP contribution in [-0.2, 0) is 11.3 Å². The minimum atomic E-state index is -0.664. The van der Waals surface area contributed by atoms with Crippen LogP contribution in [-0.4, -0.2) is 13.1 Å². The van der Waals surface area contributed by atoms with Gasteiger partial charge in [0.1, 0.15) is 18.2 Å². The molecule has 0 atom stereocenters. The maximum Gasteiger partial charge on any atom is 0.340 e. The van der Waals surface area contributed by atoms with Gasteiger partial charge in [0.25, 0.3) is 0 Å². The number of carbonyl (C=O) groups excluding carboxylic acids is 1. The predicted molar refractivity (Wildman–Crippen MR) is 77.9 cm³/mol. The van der Waals surface area contributed by atoms with Gasteiger partial charge in [-0.2, -0.15) is 0 Å². The van der Waals surface area contributed by atoms with Gasteiger partial charge in [-0.25, -0.2) is 9.18 Å². The number of hydrogen-bond donors (Lipinski definition) is 1. The number of anilines is 1. The van der Waals surface area contributed by atoms with Crippen LogP contribution in [0.2, 0.25) is 5.02 Å². The summed E-state index contributed by atoms with van der Waals surface area (Å²) < 4.78 is 23.7. The van der Waals surface area contributed by atoms with Crippen LogP contribution in [0.15, 0.2) is 36.4 Å². The summed E-state index contributed by atoms with van der Waals surface area (Å²) in [5, 5.41) is 0.226. The number of esters is 1. The second-order valence-electron chi connectivity index (χ2n) is 4.27. The molecule has 0 spiro atoms. The van der Waals surface area contributed by atoms with E-state index in [9.17, 15) is 9.18 Å². The molecular weight excluding hydrogens is 297 g/mol. The fraction of sp³-hybridized carbons (Fsp3) is 0.133. The van der Waals surface area contributed by atoms with Gasteiger partial charge in [-0.15, -0.1) is 0 Å². The highest BCUT2D eigenvalue weighted by atomic mass is 35.5. The first kappa shape index (κ1) is 15.1. The molecule has 21 heavy (non-hydrogen) atoms. The predicted octanol–water partition coefficient (Wildman–Crippen LogP) is 3.43. The Balaban J connectivity index is 2.09. The zero-order valence-corrected chi connectivity index (χ0v) is 12.0. The number of carbonyl (C=O) groups is 1. The Morgan fingerprint density at radius 3 is 2.71 bits per heavy atom. The molecule has 110 valence electrons. The number of methoxy groups -OCH3 is 1. The van der Waals surface area contributed by atoms with E-state index < -0.39 is 11.8 Å². The van der Waals surface area contributed by atoms with Crippen molar-refractivity contribution in [3.05, 3.63) is 58.4 Å². The third-order valence-corrected chi connectivity index (χ3v) is 3.16. The van der Waals surface area contributed by atoms with Crippen molar-refractivity contribution in [2.45, 2.75) is 6.61 Å². The van der Waals surface area contributed by atoms with Crippen molar-refractivity contribution < 1.29 is 18.7 Å². The number of halogens is 2. The summed E-state index contributed by atoms with van der Waals surface area (Å²) in [6.45, 7) is -0.209. The third-order valence-electron chi connectivity index (χ3n) is 2.83. The molecule has 0 bridgehead atoms. The van der Waals surface area contributed by atoms with Crippen molar-refractivity contribution in [3.8, 4) is 5.75 Å². The number of nitrogens with two attached hydrogens (primary N) is 1. The van der Waals surface area contributed by atoms with Crippen LogP contribution >= 0.6 is 11.6 Å². The van der Waals surface area contributed by atoms with E-state index in [1.54, 1.807) is 12.1 Å². The maximum absolute atomic E-state index is 13.7. The number of nitrogen functional groups attached to an aromatic ring is 1. The summed E-state index contributed by atoms with van der Waals surface area (Å²) in [7, 11) is 1.44. The average molecular weight is 310 g/mol. The molecule has 0 unspecified atom stereocenters. The SMILES string of the molecule is COc1ccc(COC(=O)c2cc(N)ccc2Cl)c(F)c1. The van der Waals surface area contributed by atoms with Gasteiger partial charge in [0.15, 0.2) is 0 Å². The fourth-order valence-electron chi connectivity index (χ4n) is 1.69. The van der Waals surface area contributed by atoms with E-state index in [1.165, 1.54) is 31.4 Å². The number of benzene rings is 2. The molecule has 0 saturated heterocycles. The maximum atomic E-state index is 13.7. The van der Waals surface area contributed by atoms with Crippen LogP contribution in [0.25, 0.3) is 0 Å². The molecule has 2 aromatic carbocycles. The molecule has 0 heterocycles. The summed E-state index contributed by atoms with van der Waals surface area (Å²) >= 11 is 5.90. The van der Waals surface area contributed by atoms with Crippen LogP contribution in [0.5, 0.6) is 5.75 Å². The molecule has 0 aliphatic carbocycles. The number of rotatable bonds is 4. The van der Waals surface area contributed by atoms with Gasteiger partial charge in [-0.1, -0.05) is 11.6 Å². The summed E-state index contributed by atoms with van der Waals surface area (Å²) in [6, 6.07) is 8.78. The number of ether oxygens (including phenoxy) is 2. The molecule has 4 nitrogen and oxygen atoms in total. The summed E-state index contributed by atoms with van der Waals surface area (Å²) in [4.78, 5) is 11.9. The molecular formula is C15H13ClFNO3. The Morgan fingerprint density at radius 2 is 2.05 bits per heavy atom. The molecule has 0 fully saturated rings. The Hall–Kier alpha value is -2.27. The van der Waals surface area contributed by atoms with Crippen molar-refractivity contribution in [1.29, 1.82) is 0 Å². The van der Waals surface area contributed by atoms with E-state index in [1.807, 2.05) is 0 Å². The standard InChI is InChI=1S/C15H13ClFNO3/c1-20-11-4-2-9(14(17)7-11)8-21-15(19)12-6-10(18)3-5-13(12)16/h2-7H,8,18H2,1H3.